The van der Waals surface area contributed by atoms with Crippen LogP contribution in [-0.4, -0.2) is 82.0 Å². The first-order chi connectivity index (χ1) is 13.7. The summed E-state index contributed by atoms with van der Waals surface area (Å²) in [5.74, 6) is -1.81. The molecule has 8 heteroatoms. The predicted octanol–water partition coefficient (Wildman–Crippen LogP) is 1.34. The molecule has 0 saturated carbocycles. The first kappa shape index (κ1) is 21.2. The molecule has 0 spiro atoms. The van der Waals surface area contributed by atoms with Crippen LogP contribution < -0.4 is 5.32 Å². The molecule has 162 valence electrons. The molecular weight excluding hydrogens is 390 g/mol. The Morgan fingerprint density at radius 3 is 2.69 bits per heavy atom. The maximum atomic E-state index is 12.5. The highest BCUT2D eigenvalue weighted by atomic mass is 32.2. The Morgan fingerprint density at radius 2 is 2.07 bits per heavy atom. The SMILES string of the molecule is C[C@@H](O)[C@H]1C(=O)N2C(C(=O)O)=C(S[C@@H]3CCN(CC4(C)CCNCC4)C3)[C@H](C)[C@H]12. The monoisotopic (exact) mass is 423 g/mol. The largest absolute Gasteiger partial charge is 0.477 e. The third-order valence-corrected chi connectivity index (χ3v) is 8.79. The van der Waals surface area contributed by atoms with Gasteiger partial charge in [-0.25, -0.2) is 4.79 Å². The van der Waals surface area contributed by atoms with Crippen molar-refractivity contribution in [3.05, 3.63) is 10.6 Å². The van der Waals surface area contributed by atoms with E-state index in [4.69, 9.17) is 0 Å². The lowest BCUT2D eigenvalue weighted by molar-refractivity contribution is -0.163. The lowest BCUT2D eigenvalue weighted by atomic mass is 9.79. The highest BCUT2D eigenvalue weighted by molar-refractivity contribution is 8.03. The van der Waals surface area contributed by atoms with E-state index in [1.807, 2.05) is 6.92 Å². The Hall–Kier alpha value is -1.09. The molecular formula is C21H33N3O4S. The summed E-state index contributed by atoms with van der Waals surface area (Å²) in [6, 6.07) is -0.220. The van der Waals surface area contributed by atoms with E-state index in [0.29, 0.717) is 10.7 Å². The van der Waals surface area contributed by atoms with Gasteiger partial charge in [0.25, 0.3) is 0 Å². The van der Waals surface area contributed by atoms with E-state index in [1.165, 1.54) is 17.7 Å². The number of nitrogens with one attached hydrogen (secondary N) is 1. The van der Waals surface area contributed by atoms with Gasteiger partial charge in [0, 0.05) is 29.2 Å². The van der Waals surface area contributed by atoms with Gasteiger partial charge < -0.3 is 25.3 Å². The molecule has 0 aromatic carbocycles. The maximum Gasteiger partial charge on any atom is 0.353 e. The zero-order valence-corrected chi connectivity index (χ0v) is 18.4. The van der Waals surface area contributed by atoms with Gasteiger partial charge in [-0.2, -0.15) is 0 Å². The van der Waals surface area contributed by atoms with Crippen LogP contribution in [0.25, 0.3) is 0 Å². The molecule has 0 aromatic heterocycles. The number of piperidine rings is 1. The fraction of sp³-hybridized carbons (Fsp3) is 0.810. The van der Waals surface area contributed by atoms with Crippen molar-refractivity contribution in [3.8, 4) is 0 Å². The highest BCUT2D eigenvalue weighted by Gasteiger charge is 2.60. The smallest absolute Gasteiger partial charge is 0.353 e. The molecule has 4 rings (SSSR count). The molecule has 1 amide bonds. The Kier molecular flexibility index (Phi) is 5.74. The molecule has 3 saturated heterocycles. The van der Waals surface area contributed by atoms with Crippen LogP contribution in [0.5, 0.6) is 0 Å². The topological polar surface area (TPSA) is 93.1 Å². The number of carbonyl (C=O) groups excluding carboxylic acids is 1. The number of β-lactam (4-membered cyclic amide) rings is 1. The summed E-state index contributed by atoms with van der Waals surface area (Å²) < 4.78 is 0. The van der Waals surface area contributed by atoms with Crippen LogP contribution >= 0.6 is 11.8 Å². The summed E-state index contributed by atoms with van der Waals surface area (Å²) in [4.78, 5) is 29.2. The van der Waals surface area contributed by atoms with Crippen LogP contribution in [0.4, 0.5) is 0 Å². The van der Waals surface area contributed by atoms with E-state index in [9.17, 15) is 19.8 Å². The van der Waals surface area contributed by atoms with Gasteiger partial charge in [-0.15, -0.1) is 11.8 Å². The van der Waals surface area contributed by atoms with Gasteiger partial charge in [0.15, 0.2) is 0 Å². The second-order valence-corrected chi connectivity index (χ2v) is 10.9. The number of amides is 1. The number of nitrogens with zero attached hydrogens (tertiary/aromatic N) is 2. The molecule has 7 nitrogen and oxygen atoms in total. The summed E-state index contributed by atoms with van der Waals surface area (Å²) in [6.45, 7) is 11.3. The van der Waals surface area contributed by atoms with Crippen LogP contribution in [0, 0.1) is 17.3 Å². The van der Waals surface area contributed by atoms with Crippen LogP contribution in [0.2, 0.25) is 0 Å². The van der Waals surface area contributed by atoms with E-state index in [-0.39, 0.29) is 23.6 Å². The number of likely N-dealkylation sites (tertiary alicyclic amines) is 1. The number of aliphatic hydroxyl groups excluding tert-OH is 1. The summed E-state index contributed by atoms with van der Waals surface area (Å²) in [5.41, 5.74) is 0.511. The number of rotatable bonds is 6. The van der Waals surface area contributed by atoms with Crippen LogP contribution in [0.3, 0.4) is 0 Å². The van der Waals surface area contributed by atoms with Crippen molar-refractivity contribution in [2.75, 3.05) is 32.7 Å². The Balaban J connectivity index is 1.44. The Morgan fingerprint density at radius 1 is 1.38 bits per heavy atom. The number of carbonyl (C=O) groups is 2. The molecule has 4 heterocycles. The van der Waals surface area contributed by atoms with Crippen molar-refractivity contribution >= 4 is 23.6 Å². The first-order valence-corrected chi connectivity index (χ1v) is 11.7. The van der Waals surface area contributed by atoms with Gasteiger partial charge in [-0.05, 0) is 51.2 Å². The van der Waals surface area contributed by atoms with Gasteiger partial charge in [0.05, 0.1) is 18.1 Å². The van der Waals surface area contributed by atoms with Crippen molar-refractivity contribution in [2.24, 2.45) is 17.3 Å². The van der Waals surface area contributed by atoms with Gasteiger partial charge in [0.2, 0.25) is 5.91 Å². The quantitative estimate of drug-likeness (QED) is 0.555. The number of aliphatic carboxylic acids is 1. The van der Waals surface area contributed by atoms with E-state index >= 15 is 0 Å². The third-order valence-electron chi connectivity index (χ3n) is 7.25. The van der Waals surface area contributed by atoms with Crippen molar-refractivity contribution in [1.29, 1.82) is 0 Å². The Labute approximate surface area is 176 Å². The van der Waals surface area contributed by atoms with E-state index in [2.05, 4.69) is 17.1 Å². The third kappa shape index (κ3) is 3.73. The zero-order valence-electron chi connectivity index (χ0n) is 17.6. The second-order valence-electron chi connectivity index (χ2n) is 9.60. The Bertz CT molecular complexity index is 719. The molecule has 0 aliphatic carbocycles. The average molecular weight is 424 g/mol. The molecule has 3 fully saturated rings. The maximum absolute atomic E-state index is 12.5. The van der Waals surface area contributed by atoms with Crippen molar-refractivity contribution in [1.82, 2.24) is 15.1 Å². The van der Waals surface area contributed by atoms with Crippen molar-refractivity contribution in [3.63, 3.8) is 0 Å². The number of thioether (sulfide) groups is 1. The van der Waals surface area contributed by atoms with Gasteiger partial charge in [-0.3, -0.25) is 4.79 Å². The fourth-order valence-electron chi connectivity index (χ4n) is 5.62. The zero-order chi connectivity index (χ0) is 20.9. The molecule has 4 aliphatic rings. The van der Waals surface area contributed by atoms with Gasteiger partial charge in [-0.1, -0.05) is 13.8 Å². The van der Waals surface area contributed by atoms with Crippen LogP contribution in [0.1, 0.15) is 40.0 Å². The van der Waals surface area contributed by atoms with Crippen molar-refractivity contribution < 1.29 is 19.8 Å². The summed E-state index contributed by atoms with van der Waals surface area (Å²) in [6.07, 6.45) is 2.69. The summed E-state index contributed by atoms with van der Waals surface area (Å²) in [7, 11) is 0. The second kappa shape index (κ2) is 7.87. The average Bonchev–Trinajstić information content (AvgIpc) is 3.16. The lowest BCUT2D eigenvalue weighted by Crippen LogP contribution is -2.63. The normalized spacial score (nSPS) is 35.6. The molecule has 0 aromatic rings. The van der Waals surface area contributed by atoms with E-state index in [1.54, 1.807) is 18.7 Å². The molecule has 5 atom stereocenters. The number of carboxylic acid groups (broad SMARTS) is 1. The highest BCUT2D eigenvalue weighted by Crippen LogP contribution is 2.52. The molecule has 29 heavy (non-hydrogen) atoms. The van der Waals surface area contributed by atoms with E-state index < -0.39 is 18.0 Å². The fourth-order valence-corrected chi connectivity index (χ4v) is 7.14. The first-order valence-electron chi connectivity index (χ1n) is 10.8. The minimum absolute atomic E-state index is 0.0422. The standard InChI is InChI=1S/C21H33N3O4S/c1-12-16-15(13(2)25)19(26)24(16)17(20(27)28)18(12)29-14-4-9-23(10-14)11-21(3)5-7-22-8-6-21/h12-16,22,25H,4-11H2,1-3H3,(H,27,28)/t12-,13-,14-,15-,16-/m1/s1. The van der Waals surface area contributed by atoms with Gasteiger partial charge in [0.1, 0.15) is 5.70 Å². The van der Waals surface area contributed by atoms with Crippen LogP contribution in [-0.2, 0) is 9.59 Å². The molecule has 0 unspecified atom stereocenters. The van der Waals surface area contributed by atoms with E-state index in [0.717, 1.165) is 44.0 Å². The number of aliphatic hydroxyl groups is 1. The number of fused-ring (bicyclic) bond motifs is 1. The van der Waals surface area contributed by atoms with Crippen LogP contribution in [0.15, 0.2) is 10.6 Å². The number of hydrogen-bond acceptors (Lipinski definition) is 6. The lowest BCUT2D eigenvalue weighted by Gasteiger charge is -2.46. The molecule has 0 radical (unpaired) electrons. The minimum Gasteiger partial charge on any atom is -0.477 e. The molecule has 3 N–H and O–H groups in total. The van der Waals surface area contributed by atoms with Gasteiger partial charge >= 0.3 is 5.97 Å². The molecule has 4 aliphatic heterocycles. The predicted molar refractivity (Wildman–Crippen MR) is 112 cm³/mol. The van der Waals surface area contributed by atoms with Crippen molar-refractivity contribution in [2.45, 2.75) is 57.4 Å². The number of hydrogen-bond donors (Lipinski definition) is 3. The number of carboxylic acids is 1. The minimum atomic E-state index is -1.03. The summed E-state index contributed by atoms with van der Waals surface area (Å²) in [5, 5.41) is 23.6. The summed E-state index contributed by atoms with van der Waals surface area (Å²) >= 11 is 1.66. The molecule has 0 bridgehead atoms.